The lowest BCUT2D eigenvalue weighted by Gasteiger charge is -2.42. The molecule has 0 aromatic carbocycles. The summed E-state index contributed by atoms with van der Waals surface area (Å²) in [5.74, 6) is -0.215. The van der Waals surface area contributed by atoms with E-state index >= 15 is 0 Å². The van der Waals surface area contributed by atoms with Gasteiger partial charge < -0.3 is 18.0 Å². The lowest BCUT2D eigenvalue weighted by atomic mass is 10.0. The molecule has 1 aliphatic rings. The van der Waals surface area contributed by atoms with Crippen LogP contribution in [0.3, 0.4) is 0 Å². The highest BCUT2D eigenvalue weighted by molar-refractivity contribution is 6.70. The molecule has 23 heavy (non-hydrogen) atoms. The topological polar surface area (TPSA) is 54.0 Å². The molecular weight excluding hydrogens is 344 g/mol. The Balaban J connectivity index is 2.95. The van der Waals surface area contributed by atoms with Gasteiger partial charge in [0, 0.05) is 0 Å². The van der Waals surface area contributed by atoms with E-state index in [0.717, 1.165) is 0 Å². The van der Waals surface area contributed by atoms with Gasteiger partial charge in [0.2, 0.25) is 0 Å². The summed E-state index contributed by atoms with van der Waals surface area (Å²) in [6.45, 7) is 19.6. The Hall–Kier alpha value is 0.000649. The highest BCUT2D eigenvalue weighted by Gasteiger charge is 2.44. The maximum atomic E-state index is 12.0. The van der Waals surface area contributed by atoms with Crippen molar-refractivity contribution < 1.29 is 22.8 Å². The molecule has 0 spiro atoms. The van der Waals surface area contributed by atoms with Gasteiger partial charge in [-0.05, 0) is 58.9 Å². The standard InChI is InChI=1S/C15H34O5Si3/c1-21(2,3)17-11-13-15(20-23(7,8)9)12(10-14(16)18-13)19-22(4,5)6/h12-13,15H,10-11H2,1-9H3. The van der Waals surface area contributed by atoms with Crippen molar-refractivity contribution in [1.29, 1.82) is 0 Å². The molecule has 0 aliphatic carbocycles. The van der Waals surface area contributed by atoms with Crippen LogP contribution in [0.4, 0.5) is 0 Å². The molecule has 0 radical (unpaired) electrons. The summed E-state index contributed by atoms with van der Waals surface area (Å²) in [4.78, 5) is 12.0. The van der Waals surface area contributed by atoms with E-state index in [2.05, 4.69) is 58.9 Å². The quantitative estimate of drug-likeness (QED) is 0.500. The second kappa shape index (κ2) is 7.49. The third kappa shape index (κ3) is 8.59. The Morgan fingerprint density at radius 3 is 1.87 bits per heavy atom. The number of rotatable bonds is 7. The van der Waals surface area contributed by atoms with Crippen molar-refractivity contribution in [2.24, 2.45) is 0 Å². The van der Waals surface area contributed by atoms with Gasteiger partial charge in [-0.2, -0.15) is 0 Å². The van der Waals surface area contributed by atoms with E-state index in [1.165, 1.54) is 0 Å². The largest absolute Gasteiger partial charge is 0.457 e. The van der Waals surface area contributed by atoms with Crippen LogP contribution in [0, 0.1) is 0 Å². The second-order valence-corrected chi connectivity index (χ2v) is 22.6. The van der Waals surface area contributed by atoms with Gasteiger partial charge in [-0.15, -0.1) is 0 Å². The maximum Gasteiger partial charge on any atom is 0.308 e. The molecule has 5 nitrogen and oxygen atoms in total. The molecule has 1 aliphatic heterocycles. The Morgan fingerprint density at radius 1 is 0.913 bits per heavy atom. The number of hydrogen-bond donors (Lipinski definition) is 0. The van der Waals surface area contributed by atoms with Gasteiger partial charge in [-0.1, -0.05) is 0 Å². The number of carbonyl (C=O) groups excluding carboxylic acids is 1. The van der Waals surface area contributed by atoms with Gasteiger partial charge in [-0.25, -0.2) is 0 Å². The monoisotopic (exact) mass is 378 g/mol. The van der Waals surface area contributed by atoms with Gasteiger partial charge in [-0.3, -0.25) is 4.79 Å². The summed E-state index contributed by atoms with van der Waals surface area (Å²) >= 11 is 0. The van der Waals surface area contributed by atoms with Gasteiger partial charge in [0.1, 0.15) is 6.10 Å². The van der Waals surface area contributed by atoms with Crippen molar-refractivity contribution in [3.63, 3.8) is 0 Å². The molecular formula is C15H34O5Si3. The predicted octanol–water partition coefficient (Wildman–Crippen LogP) is 3.59. The van der Waals surface area contributed by atoms with Crippen LogP contribution in [0.2, 0.25) is 58.9 Å². The van der Waals surface area contributed by atoms with E-state index in [4.69, 9.17) is 18.0 Å². The van der Waals surface area contributed by atoms with Crippen LogP contribution < -0.4 is 0 Å². The third-order valence-electron chi connectivity index (χ3n) is 3.06. The van der Waals surface area contributed by atoms with E-state index in [9.17, 15) is 4.79 Å². The Labute approximate surface area is 144 Å². The molecule has 0 saturated carbocycles. The first kappa shape index (κ1) is 21.0. The van der Waals surface area contributed by atoms with E-state index in [1.54, 1.807) is 0 Å². The van der Waals surface area contributed by atoms with E-state index in [0.29, 0.717) is 6.61 Å². The molecule has 8 heteroatoms. The summed E-state index contributed by atoms with van der Waals surface area (Å²) in [5, 5.41) is 0. The molecule has 3 unspecified atom stereocenters. The molecule has 3 atom stereocenters. The normalized spacial score (nSPS) is 27.0. The smallest absolute Gasteiger partial charge is 0.308 e. The number of hydrogen-bond acceptors (Lipinski definition) is 5. The summed E-state index contributed by atoms with van der Waals surface area (Å²) in [5.41, 5.74) is 0. The number of cyclic esters (lactones) is 1. The van der Waals surface area contributed by atoms with E-state index in [1.807, 2.05) is 0 Å². The minimum Gasteiger partial charge on any atom is -0.457 e. The molecule has 1 saturated heterocycles. The first-order valence-corrected chi connectivity index (χ1v) is 18.6. The molecule has 0 bridgehead atoms. The van der Waals surface area contributed by atoms with Crippen LogP contribution in [0.1, 0.15) is 6.42 Å². The summed E-state index contributed by atoms with van der Waals surface area (Å²) < 4.78 is 24.2. The van der Waals surface area contributed by atoms with Crippen molar-refractivity contribution >= 4 is 30.9 Å². The van der Waals surface area contributed by atoms with Crippen molar-refractivity contribution in [3.05, 3.63) is 0 Å². The fraction of sp³-hybridized carbons (Fsp3) is 0.933. The molecule has 136 valence electrons. The highest BCUT2D eigenvalue weighted by Crippen LogP contribution is 2.28. The average Bonchev–Trinajstić information content (AvgIpc) is 2.25. The van der Waals surface area contributed by atoms with Gasteiger partial charge in [0.05, 0.1) is 19.1 Å². The zero-order chi connectivity index (χ0) is 18.1. The summed E-state index contributed by atoms with van der Waals surface area (Å²) in [7, 11) is -5.27. The molecule has 1 heterocycles. The highest BCUT2D eigenvalue weighted by atomic mass is 28.4. The van der Waals surface area contributed by atoms with Crippen LogP contribution in [0.25, 0.3) is 0 Å². The van der Waals surface area contributed by atoms with Crippen LogP contribution >= 0.6 is 0 Å². The first-order chi connectivity index (χ1) is 10.2. The minimum absolute atomic E-state index is 0.215. The lowest BCUT2D eigenvalue weighted by Crippen LogP contribution is -2.57. The van der Waals surface area contributed by atoms with E-state index in [-0.39, 0.29) is 30.7 Å². The Bertz CT molecular complexity index is 409. The van der Waals surface area contributed by atoms with Crippen molar-refractivity contribution in [2.75, 3.05) is 6.61 Å². The SMILES string of the molecule is C[Si](C)(C)OCC1OC(=O)CC(O[Si](C)(C)C)C1O[Si](C)(C)C. The van der Waals surface area contributed by atoms with Crippen LogP contribution in [0.15, 0.2) is 0 Å². The Kier molecular flexibility index (Phi) is 6.85. The molecule has 0 amide bonds. The molecule has 1 fully saturated rings. The fourth-order valence-electron chi connectivity index (χ4n) is 2.39. The predicted molar refractivity (Wildman–Crippen MR) is 100 cm³/mol. The second-order valence-electron chi connectivity index (χ2n) is 9.12. The molecule has 0 aromatic heterocycles. The van der Waals surface area contributed by atoms with Crippen LogP contribution in [-0.4, -0.2) is 55.8 Å². The Morgan fingerprint density at radius 2 is 1.43 bits per heavy atom. The number of carbonyl (C=O) groups is 1. The molecule has 0 N–H and O–H groups in total. The van der Waals surface area contributed by atoms with Crippen LogP contribution in [0.5, 0.6) is 0 Å². The lowest BCUT2D eigenvalue weighted by molar-refractivity contribution is -0.177. The summed E-state index contributed by atoms with van der Waals surface area (Å²) in [6.07, 6.45) is -0.577. The average molecular weight is 379 g/mol. The van der Waals surface area contributed by atoms with Gasteiger partial charge in [0.25, 0.3) is 0 Å². The van der Waals surface area contributed by atoms with Crippen LogP contribution in [-0.2, 0) is 22.8 Å². The summed E-state index contributed by atoms with van der Waals surface area (Å²) in [6, 6.07) is 0. The molecule has 1 rings (SSSR count). The molecule has 0 aromatic rings. The van der Waals surface area contributed by atoms with Crippen molar-refractivity contribution in [3.8, 4) is 0 Å². The minimum atomic E-state index is -1.80. The maximum absolute atomic E-state index is 12.0. The van der Waals surface area contributed by atoms with Crippen molar-refractivity contribution in [2.45, 2.75) is 83.7 Å². The zero-order valence-electron chi connectivity index (χ0n) is 16.2. The van der Waals surface area contributed by atoms with Crippen molar-refractivity contribution in [1.82, 2.24) is 0 Å². The first-order valence-electron chi connectivity index (χ1n) is 8.35. The zero-order valence-corrected chi connectivity index (χ0v) is 19.2. The van der Waals surface area contributed by atoms with E-state index < -0.39 is 25.0 Å². The van der Waals surface area contributed by atoms with Gasteiger partial charge in [0.15, 0.2) is 31.1 Å². The fourth-order valence-corrected chi connectivity index (χ4v) is 5.30. The van der Waals surface area contributed by atoms with Gasteiger partial charge >= 0.3 is 5.97 Å². The third-order valence-corrected chi connectivity index (χ3v) is 6.08. The number of ether oxygens (including phenoxy) is 1. The number of esters is 1.